The van der Waals surface area contributed by atoms with Gasteiger partial charge >= 0.3 is 0 Å². The number of aliphatic hydroxyl groups is 1. The number of carbonyl (C=O) groups excluding carboxylic acids is 2. The number of hydrazone groups is 1. The maximum absolute atomic E-state index is 11.0. The van der Waals surface area contributed by atoms with Crippen LogP contribution in [0.5, 0.6) is 0 Å². The van der Waals surface area contributed by atoms with Gasteiger partial charge in [0.15, 0.2) is 0 Å². The zero-order valence-corrected chi connectivity index (χ0v) is 6.33. The number of nitrogens with one attached hydrogen (secondary N) is 2. The highest BCUT2D eigenvalue weighted by molar-refractivity contribution is 6.43. The van der Waals surface area contributed by atoms with Crippen LogP contribution in [-0.4, -0.2) is 35.8 Å². The van der Waals surface area contributed by atoms with Crippen LogP contribution in [0.15, 0.2) is 5.10 Å². The van der Waals surface area contributed by atoms with E-state index in [1.807, 2.05) is 0 Å². The largest absolute Gasteiger partial charge is 0.395 e. The number of aliphatic hydroxyl groups excluding tert-OH is 1. The van der Waals surface area contributed by atoms with Crippen LogP contribution in [-0.2, 0) is 9.59 Å². The molecule has 1 heterocycles. The minimum atomic E-state index is -0.414. The topological polar surface area (TPSA) is 90.8 Å². The predicted molar refractivity (Wildman–Crippen MR) is 40.3 cm³/mol. The van der Waals surface area contributed by atoms with Gasteiger partial charge in [0.1, 0.15) is 5.71 Å². The van der Waals surface area contributed by atoms with Crippen molar-refractivity contribution in [3.05, 3.63) is 0 Å². The summed E-state index contributed by atoms with van der Waals surface area (Å²) in [5.41, 5.74) is 2.31. The lowest BCUT2D eigenvalue weighted by atomic mass is 10.2. The highest BCUT2D eigenvalue weighted by Gasteiger charge is 2.20. The van der Waals surface area contributed by atoms with Crippen molar-refractivity contribution in [2.75, 3.05) is 13.2 Å². The summed E-state index contributed by atoms with van der Waals surface area (Å²) in [5.74, 6) is -0.702. The van der Waals surface area contributed by atoms with E-state index in [0.29, 0.717) is 0 Å². The summed E-state index contributed by atoms with van der Waals surface area (Å²) in [4.78, 5) is 21.6. The van der Waals surface area contributed by atoms with E-state index in [-0.39, 0.29) is 31.2 Å². The molecular weight excluding hydrogens is 162 g/mol. The van der Waals surface area contributed by atoms with E-state index in [1.54, 1.807) is 0 Å². The minimum absolute atomic E-state index is 0.0112. The number of hydrogen-bond acceptors (Lipinski definition) is 4. The number of nitrogens with zero attached hydrogens (tertiary/aromatic N) is 1. The van der Waals surface area contributed by atoms with Crippen molar-refractivity contribution >= 4 is 17.5 Å². The standard InChI is InChI=1S/C6H9N3O3/c10-2-1-7-6(12)4-3-5(11)9-8-4/h10H,1-3H2,(H,7,12)(H,9,11). The summed E-state index contributed by atoms with van der Waals surface area (Å²) < 4.78 is 0. The van der Waals surface area contributed by atoms with Crippen LogP contribution in [0.4, 0.5) is 0 Å². The number of rotatable bonds is 3. The van der Waals surface area contributed by atoms with Crippen LogP contribution < -0.4 is 10.7 Å². The van der Waals surface area contributed by atoms with E-state index in [1.165, 1.54) is 0 Å². The van der Waals surface area contributed by atoms with Crippen molar-refractivity contribution in [3.63, 3.8) is 0 Å². The molecular formula is C6H9N3O3. The molecule has 1 aliphatic rings. The average molecular weight is 171 g/mol. The Morgan fingerprint density at radius 1 is 1.75 bits per heavy atom. The van der Waals surface area contributed by atoms with Gasteiger partial charge in [-0.05, 0) is 0 Å². The summed E-state index contributed by atoms with van der Waals surface area (Å²) >= 11 is 0. The van der Waals surface area contributed by atoms with Gasteiger partial charge in [0.2, 0.25) is 5.91 Å². The SMILES string of the molecule is O=C1CC(C(=O)NCCO)=NN1. The zero-order chi connectivity index (χ0) is 8.97. The second kappa shape index (κ2) is 3.82. The van der Waals surface area contributed by atoms with Gasteiger partial charge in [-0.2, -0.15) is 5.10 Å². The van der Waals surface area contributed by atoms with Crippen LogP contribution in [0.25, 0.3) is 0 Å². The van der Waals surface area contributed by atoms with Crippen molar-refractivity contribution < 1.29 is 14.7 Å². The molecule has 0 aromatic heterocycles. The Labute approximate surface area is 68.6 Å². The Kier molecular flexibility index (Phi) is 2.76. The molecule has 0 aromatic carbocycles. The van der Waals surface area contributed by atoms with Gasteiger partial charge in [0, 0.05) is 6.54 Å². The first-order valence-electron chi connectivity index (χ1n) is 3.48. The van der Waals surface area contributed by atoms with E-state index in [2.05, 4.69) is 15.8 Å². The Balaban J connectivity index is 2.38. The van der Waals surface area contributed by atoms with Gasteiger partial charge < -0.3 is 10.4 Å². The van der Waals surface area contributed by atoms with Crippen LogP contribution >= 0.6 is 0 Å². The van der Waals surface area contributed by atoms with Gasteiger partial charge in [0.25, 0.3) is 5.91 Å². The van der Waals surface area contributed by atoms with Crippen LogP contribution in [0.3, 0.4) is 0 Å². The van der Waals surface area contributed by atoms with Gasteiger partial charge in [-0.15, -0.1) is 0 Å². The first kappa shape index (κ1) is 8.66. The van der Waals surface area contributed by atoms with Gasteiger partial charge in [-0.1, -0.05) is 0 Å². The molecule has 0 unspecified atom stereocenters. The Bertz CT molecular complexity index is 236. The maximum atomic E-state index is 11.0. The summed E-state index contributed by atoms with van der Waals surface area (Å²) in [6.07, 6.45) is 0.0112. The lowest BCUT2D eigenvalue weighted by molar-refractivity contribution is -0.120. The molecule has 66 valence electrons. The quantitative estimate of drug-likeness (QED) is 0.457. The molecule has 0 radical (unpaired) electrons. The third-order valence-corrected chi connectivity index (χ3v) is 1.30. The Morgan fingerprint density at radius 3 is 3.00 bits per heavy atom. The number of amides is 2. The molecule has 12 heavy (non-hydrogen) atoms. The van der Waals surface area contributed by atoms with E-state index >= 15 is 0 Å². The molecule has 1 rings (SSSR count). The molecule has 1 aliphatic heterocycles. The molecule has 0 bridgehead atoms. The van der Waals surface area contributed by atoms with Crippen molar-refractivity contribution in [1.82, 2.24) is 10.7 Å². The minimum Gasteiger partial charge on any atom is -0.395 e. The van der Waals surface area contributed by atoms with E-state index in [9.17, 15) is 9.59 Å². The number of hydrogen-bond donors (Lipinski definition) is 3. The molecule has 0 fully saturated rings. The first-order valence-corrected chi connectivity index (χ1v) is 3.48. The third kappa shape index (κ3) is 2.03. The van der Waals surface area contributed by atoms with Crippen molar-refractivity contribution in [2.45, 2.75) is 6.42 Å². The van der Waals surface area contributed by atoms with Crippen molar-refractivity contribution in [1.29, 1.82) is 0 Å². The predicted octanol–water partition coefficient (Wildman–Crippen LogP) is -2.03. The summed E-state index contributed by atoms with van der Waals surface area (Å²) in [5, 5.41) is 14.2. The fraction of sp³-hybridized carbons (Fsp3) is 0.500. The highest BCUT2D eigenvalue weighted by Crippen LogP contribution is 1.94. The second-order valence-corrected chi connectivity index (χ2v) is 2.25. The van der Waals surface area contributed by atoms with Crippen molar-refractivity contribution in [2.24, 2.45) is 5.10 Å². The molecule has 0 saturated heterocycles. The van der Waals surface area contributed by atoms with E-state index in [0.717, 1.165) is 0 Å². The third-order valence-electron chi connectivity index (χ3n) is 1.30. The van der Waals surface area contributed by atoms with Crippen LogP contribution in [0.1, 0.15) is 6.42 Å². The molecule has 6 nitrogen and oxygen atoms in total. The fourth-order valence-corrected chi connectivity index (χ4v) is 0.763. The molecule has 0 aliphatic carbocycles. The van der Waals surface area contributed by atoms with Crippen LogP contribution in [0.2, 0.25) is 0 Å². The van der Waals surface area contributed by atoms with E-state index in [4.69, 9.17) is 5.11 Å². The molecule has 6 heteroatoms. The highest BCUT2D eigenvalue weighted by atomic mass is 16.3. The number of carbonyl (C=O) groups is 2. The summed E-state index contributed by atoms with van der Waals surface area (Å²) in [6.45, 7) is 0.0481. The lowest BCUT2D eigenvalue weighted by Gasteiger charge is -1.99. The molecule has 0 aromatic rings. The van der Waals surface area contributed by atoms with E-state index < -0.39 is 5.91 Å². The molecule has 0 atom stereocenters. The molecule has 3 N–H and O–H groups in total. The van der Waals surface area contributed by atoms with Crippen molar-refractivity contribution in [3.8, 4) is 0 Å². The Hall–Kier alpha value is -1.43. The maximum Gasteiger partial charge on any atom is 0.268 e. The molecule has 0 saturated carbocycles. The fourth-order valence-electron chi connectivity index (χ4n) is 0.763. The average Bonchev–Trinajstić information content (AvgIpc) is 2.47. The normalized spacial score (nSPS) is 15.4. The second-order valence-electron chi connectivity index (χ2n) is 2.25. The summed E-state index contributed by atoms with van der Waals surface area (Å²) in [7, 11) is 0. The lowest BCUT2D eigenvalue weighted by Crippen LogP contribution is -2.32. The molecule has 0 spiro atoms. The summed E-state index contributed by atoms with van der Waals surface area (Å²) in [6, 6.07) is 0. The van der Waals surface area contributed by atoms with Crippen LogP contribution in [0, 0.1) is 0 Å². The smallest absolute Gasteiger partial charge is 0.268 e. The monoisotopic (exact) mass is 171 g/mol. The first-order chi connectivity index (χ1) is 5.74. The van der Waals surface area contributed by atoms with Gasteiger partial charge in [-0.3, -0.25) is 9.59 Å². The Morgan fingerprint density at radius 2 is 2.50 bits per heavy atom. The zero-order valence-electron chi connectivity index (χ0n) is 6.33. The van der Waals surface area contributed by atoms with Gasteiger partial charge in [-0.25, -0.2) is 5.43 Å². The van der Waals surface area contributed by atoms with Gasteiger partial charge in [0.05, 0.1) is 13.0 Å². The molecule has 2 amide bonds.